The maximum Gasteiger partial charge on any atom is 0.283 e. The second-order valence-corrected chi connectivity index (χ2v) is 5.28. The van der Waals surface area contributed by atoms with Crippen molar-refractivity contribution in [1.82, 2.24) is 10.6 Å². The van der Waals surface area contributed by atoms with Gasteiger partial charge in [-0.1, -0.05) is 30.3 Å². The van der Waals surface area contributed by atoms with Gasteiger partial charge in [0.15, 0.2) is 6.61 Å². The third-order valence-electron chi connectivity index (χ3n) is 2.26. The van der Waals surface area contributed by atoms with Gasteiger partial charge in [0, 0.05) is 0 Å². The van der Waals surface area contributed by atoms with Crippen molar-refractivity contribution in [2.24, 2.45) is 0 Å². The van der Waals surface area contributed by atoms with Crippen molar-refractivity contribution in [2.75, 3.05) is 12.5 Å². The quantitative estimate of drug-likeness (QED) is 0.594. The van der Waals surface area contributed by atoms with E-state index in [2.05, 4.69) is 5.32 Å². The summed E-state index contributed by atoms with van der Waals surface area (Å²) in [6, 6.07) is 6.76. The minimum absolute atomic E-state index is 0.377. The Morgan fingerprint density at radius 2 is 1.80 bits per heavy atom. The van der Waals surface area contributed by atoms with Crippen molar-refractivity contribution in [3.8, 4) is 0 Å². The van der Waals surface area contributed by atoms with E-state index in [1.807, 2.05) is 5.32 Å². The van der Waals surface area contributed by atoms with E-state index in [1.165, 1.54) is 12.1 Å². The molecule has 0 saturated carbocycles. The maximum absolute atomic E-state index is 11.8. The van der Waals surface area contributed by atoms with Crippen LogP contribution in [0.4, 0.5) is 0 Å². The summed E-state index contributed by atoms with van der Waals surface area (Å²) in [6.45, 7) is -1.06. The first-order valence-corrected chi connectivity index (χ1v) is 7.09. The highest BCUT2D eigenvalue weighted by atomic mass is 32.2. The van der Waals surface area contributed by atoms with Crippen molar-refractivity contribution in [2.45, 2.75) is 6.04 Å². The fourth-order valence-corrected chi connectivity index (χ4v) is 1.74. The molecule has 9 heteroatoms. The molecule has 0 unspecified atom stereocenters. The number of amides is 2. The molecule has 0 aliphatic carbocycles. The molecule has 1 aromatic carbocycles. The van der Waals surface area contributed by atoms with Gasteiger partial charge < -0.3 is 10.6 Å². The van der Waals surface area contributed by atoms with Crippen LogP contribution in [0.3, 0.4) is 0 Å². The van der Waals surface area contributed by atoms with Crippen molar-refractivity contribution < 1.29 is 27.7 Å². The van der Waals surface area contributed by atoms with Gasteiger partial charge in [-0.05, 0) is 5.56 Å². The number of benzene rings is 1. The van der Waals surface area contributed by atoms with E-state index in [1.54, 1.807) is 18.2 Å². The van der Waals surface area contributed by atoms with Crippen LogP contribution in [-0.2, 0) is 24.8 Å². The molecule has 0 saturated heterocycles. The predicted octanol–water partition coefficient (Wildman–Crippen LogP) is -0.764. The van der Waals surface area contributed by atoms with Crippen LogP contribution in [0.5, 0.6) is 0 Å². The van der Waals surface area contributed by atoms with Crippen molar-refractivity contribution in [3.63, 3.8) is 0 Å². The lowest BCUT2D eigenvalue weighted by atomic mass is 10.1. The minimum atomic E-state index is -4.38. The number of rotatable bonds is 6. The largest absolute Gasteiger partial charge is 0.338 e. The molecule has 2 amide bonds. The first-order chi connectivity index (χ1) is 9.33. The Hall–Kier alpha value is -1.97. The smallest absolute Gasteiger partial charge is 0.283 e. The molecular formula is C11H13N2O6S. The number of nitrogens with one attached hydrogen (secondary N) is 2. The highest BCUT2D eigenvalue weighted by Gasteiger charge is 2.23. The highest BCUT2D eigenvalue weighted by molar-refractivity contribution is 7.85. The van der Waals surface area contributed by atoms with Crippen LogP contribution in [0.2, 0.25) is 0 Å². The van der Waals surface area contributed by atoms with Gasteiger partial charge in [-0.15, -0.1) is 0 Å². The Labute approximate surface area is 115 Å². The number of hydrogen-bond acceptors (Lipinski definition) is 4. The lowest BCUT2D eigenvalue weighted by Gasteiger charge is -2.17. The molecule has 0 aliphatic heterocycles. The van der Waals surface area contributed by atoms with E-state index in [-0.39, 0.29) is 0 Å². The molecule has 0 spiro atoms. The molecule has 109 valence electrons. The zero-order valence-electron chi connectivity index (χ0n) is 10.3. The molecule has 0 fully saturated rings. The molecule has 0 aromatic heterocycles. The van der Waals surface area contributed by atoms with Crippen LogP contribution in [0.15, 0.2) is 30.3 Å². The fraction of sp³-hybridized carbons (Fsp3) is 0.273. The zero-order chi connectivity index (χ0) is 15.2. The van der Waals surface area contributed by atoms with E-state index in [0.29, 0.717) is 5.56 Å². The van der Waals surface area contributed by atoms with Crippen molar-refractivity contribution in [1.29, 1.82) is 0 Å². The van der Waals surface area contributed by atoms with Gasteiger partial charge in [-0.2, -0.15) is 8.42 Å². The second kappa shape index (κ2) is 6.98. The summed E-state index contributed by atoms with van der Waals surface area (Å²) >= 11 is 0. The Morgan fingerprint density at radius 3 is 2.30 bits per heavy atom. The summed E-state index contributed by atoms with van der Waals surface area (Å²) in [5.41, 5.74) is 0.377. The number of carbonyl (C=O) groups excluding carboxylic acids is 2. The molecule has 0 heterocycles. The summed E-state index contributed by atoms with van der Waals surface area (Å²) in [4.78, 5) is 23.0. The summed E-state index contributed by atoms with van der Waals surface area (Å²) in [7, 11) is -4.38. The van der Waals surface area contributed by atoms with Crippen molar-refractivity contribution >= 4 is 21.9 Å². The zero-order valence-corrected chi connectivity index (χ0v) is 11.1. The molecule has 0 aliphatic rings. The van der Waals surface area contributed by atoms with E-state index in [9.17, 15) is 23.1 Å². The fourth-order valence-electron chi connectivity index (χ4n) is 1.41. The van der Waals surface area contributed by atoms with Gasteiger partial charge in [0.2, 0.25) is 11.8 Å². The summed E-state index contributed by atoms with van der Waals surface area (Å²) in [5, 5.41) is 14.6. The summed E-state index contributed by atoms with van der Waals surface area (Å²) < 4.78 is 29.7. The van der Waals surface area contributed by atoms with E-state index >= 15 is 0 Å². The topological polar surface area (TPSA) is 132 Å². The molecule has 1 radical (unpaired) electrons. The molecule has 8 nitrogen and oxygen atoms in total. The minimum Gasteiger partial charge on any atom is -0.338 e. The van der Waals surface area contributed by atoms with Gasteiger partial charge >= 0.3 is 0 Å². The monoisotopic (exact) mass is 301 g/mol. The van der Waals surface area contributed by atoms with Crippen LogP contribution in [0, 0.1) is 0 Å². The van der Waals surface area contributed by atoms with Crippen LogP contribution in [0.1, 0.15) is 11.6 Å². The number of carbonyl (C=O) groups is 2. The standard InChI is InChI=1S/C11H13N2O6S/c14-6-9(15)13-10(8-4-2-1-3-5-8)11(16)12-7-20(17,18)19/h1-5,10H,6-7H2,(H,12,16)(H,13,15)(H,17,18,19)/t10-/m1/s1. The Kier molecular flexibility index (Phi) is 5.62. The van der Waals surface area contributed by atoms with Crippen LogP contribution in [-0.4, -0.2) is 37.3 Å². The van der Waals surface area contributed by atoms with E-state index < -0.39 is 40.5 Å². The van der Waals surface area contributed by atoms with Gasteiger partial charge in [0.05, 0.1) is 0 Å². The molecular weight excluding hydrogens is 288 g/mol. The summed E-state index contributed by atoms with van der Waals surface area (Å²) in [5.74, 6) is -2.74. The van der Waals surface area contributed by atoms with Gasteiger partial charge in [0.1, 0.15) is 11.9 Å². The molecule has 20 heavy (non-hydrogen) atoms. The normalized spacial score (nSPS) is 12.5. The van der Waals surface area contributed by atoms with Gasteiger partial charge in [-0.25, -0.2) is 5.11 Å². The van der Waals surface area contributed by atoms with E-state index in [4.69, 9.17) is 4.55 Å². The molecule has 0 bridgehead atoms. The molecule has 1 atom stereocenters. The van der Waals surface area contributed by atoms with Crippen LogP contribution < -0.4 is 10.6 Å². The van der Waals surface area contributed by atoms with Crippen LogP contribution in [0.25, 0.3) is 0 Å². The van der Waals surface area contributed by atoms with Crippen LogP contribution >= 0.6 is 0 Å². The summed E-state index contributed by atoms with van der Waals surface area (Å²) in [6.07, 6.45) is 0. The third-order valence-corrected chi connectivity index (χ3v) is 2.77. The Bertz CT molecular complexity index is 572. The van der Waals surface area contributed by atoms with Crippen molar-refractivity contribution in [3.05, 3.63) is 35.9 Å². The van der Waals surface area contributed by atoms with E-state index in [0.717, 1.165) is 0 Å². The first kappa shape index (κ1) is 16.1. The molecule has 3 N–H and O–H groups in total. The lowest BCUT2D eigenvalue weighted by Crippen LogP contribution is -2.42. The average Bonchev–Trinajstić information content (AvgIpc) is 2.42. The Balaban J connectivity index is 2.87. The van der Waals surface area contributed by atoms with Gasteiger partial charge in [0.25, 0.3) is 10.1 Å². The lowest BCUT2D eigenvalue weighted by molar-refractivity contribution is -0.131. The SMILES string of the molecule is [O]CC(=O)N[C@@H](C(=O)NCS(=O)(=O)O)c1ccccc1. The second-order valence-electron chi connectivity index (χ2n) is 3.82. The van der Waals surface area contributed by atoms with Gasteiger partial charge in [-0.3, -0.25) is 14.1 Å². The predicted molar refractivity (Wildman–Crippen MR) is 67.4 cm³/mol. The number of hydrogen-bond donors (Lipinski definition) is 3. The average molecular weight is 301 g/mol. The third kappa shape index (κ3) is 5.34. The highest BCUT2D eigenvalue weighted by Crippen LogP contribution is 2.12. The Morgan fingerprint density at radius 1 is 1.20 bits per heavy atom. The maximum atomic E-state index is 11.8. The first-order valence-electron chi connectivity index (χ1n) is 5.49. The molecule has 1 rings (SSSR count). The molecule has 1 aromatic rings.